The zero-order valence-corrected chi connectivity index (χ0v) is 6.45. The van der Waals surface area contributed by atoms with Crippen molar-refractivity contribution in [2.45, 2.75) is 6.04 Å². The van der Waals surface area contributed by atoms with Crippen LogP contribution in [0.2, 0.25) is 0 Å². The molecule has 0 saturated carbocycles. The molecule has 0 radical (unpaired) electrons. The summed E-state index contributed by atoms with van der Waals surface area (Å²) < 4.78 is 0. The minimum absolute atomic E-state index is 0.0201. The first-order valence-corrected chi connectivity index (χ1v) is 4.11. The third kappa shape index (κ3) is 1.68. The van der Waals surface area contributed by atoms with E-state index in [-0.39, 0.29) is 6.04 Å². The summed E-state index contributed by atoms with van der Waals surface area (Å²) in [4.78, 5) is 1.16. The lowest BCUT2D eigenvalue weighted by atomic mass is 10.3. The fraction of sp³-hybridized carbons (Fsp3) is 0.333. The van der Waals surface area contributed by atoms with Crippen LogP contribution in [0.4, 0.5) is 0 Å². The van der Waals surface area contributed by atoms with Gasteiger partial charge >= 0.3 is 0 Å². The molecule has 1 aromatic rings. The SMILES string of the molecule is NC(CCl)c1cccs1. The molecular formula is C6H8ClNS. The molecule has 1 unspecified atom stereocenters. The van der Waals surface area contributed by atoms with Gasteiger partial charge in [-0.3, -0.25) is 0 Å². The maximum Gasteiger partial charge on any atom is 0.0527 e. The van der Waals surface area contributed by atoms with E-state index >= 15 is 0 Å². The van der Waals surface area contributed by atoms with E-state index in [0.29, 0.717) is 5.88 Å². The van der Waals surface area contributed by atoms with E-state index < -0.39 is 0 Å². The third-order valence-electron chi connectivity index (χ3n) is 1.07. The molecule has 0 aromatic carbocycles. The third-order valence-corrected chi connectivity index (χ3v) is 2.41. The van der Waals surface area contributed by atoms with E-state index in [4.69, 9.17) is 17.3 Å². The van der Waals surface area contributed by atoms with Gasteiger partial charge < -0.3 is 5.73 Å². The second-order valence-electron chi connectivity index (χ2n) is 1.78. The maximum atomic E-state index is 5.62. The van der Waals surface area contributed by atoms with Crippen LogP contribution in [0.3, 0.4) is 0 Å². The average Bonchev–Trinajstić information content (AvgIpc) is 2.37. The molecule has 0 spiro atoms. The first kappa shape index (κ1) is 7.06. The molecule has 1 heterocycles. The molecule has 0 aliphatic heterocycles. The molecule has 1 aromatic heterocycles. The normalized spacial score (nSPS) is 13.6. The fourth-order valence-corrected chi connectivity index (χ4v) is 1.57. The molecule has 3 heteroatoms. The van der Waals surface area contributed by atoms with Crippen LogP contribution in [0, 0.1) is 0 Å². The Hall–Kier alpha value is -0.0500. The number of nitrogens with two attached hydrogens (primary N) is 1. The van der Waals surface area contributed by atoms with Crippen LogP contribution in [-0.2, 0) is 0 Å². The van der Waals surface area contributed by atoms with Gasteiger partial charge in [0.1, 0.15) is 0 Å². The van der Waals surface area contributed by atoms with Crippen molar-refractivity contribution in [3.05, 3.63) is 22.4 Å². The first-order valence-electron chi connectivity index (χ1n) is 2.69. The van der Waals surface area contributed by atoms with E-state index in [1.165, 1.54) is 0 Å². The number of halogens is 1. The summed E-state index contributed by atoms with van der Waals surface area (Å²) in [6.07, 6.45) is 0. The molecule has 1 rings (SSSR count). The van der Waals surface area contributed by atoms with Crippen molar-refractivity contribution in [3.8, 4) is 0 Å². The molecule has 0 fully saturated rings. The minimum Gasteiger partial charge on any atom is -0.322 e. The van der Waals surface area contributed by atoms with Crippen molar-refractivity contribution in [1.82, 2.24) is 0 Å². The van der Waals surface area contributed by atoms with Gasteiger partial charge in [-0.15, -0.1) is 22.9 Å². The Kier molecular flexibility index (Phi) is 2.51. The van der Waals surface area contributed by atoms with Crippen molar-refractivity contribution in [2.75, 3.05) is 5.88 Å². The van der Waals surface area contributed by atoms with Crippen LogP contribution in [-0.4, -0.2) is 5.88 Å². The largest absolute Gasteiger partial charge is 0.322 e. The number of alkyl halides is 1. The molecule has 9 heavy (non-hydrogen) atoms. The molecule has 0 saturated heterocycles. The Morgan fingerprint density at radius 3 is 3.00 bits per heavy atom. The van der Waals surface area contributed by atoms with Gasteiger partial charge in [-0.1, -0.05) is 6.07 Å². The highest BCUT2D eigenvalue weighted by atomic mass is 35.5. The molecule has 1 atom stereocenters. The van der Waals surface area contributed by atoms with Crippen molar-refractivity contribution in [3.63, 3.8) is 0 Å². The molecule has 50 valence electrons. The van der Waals surface area contributed by atoms with Gasteiger partial charge in [-0.2, -0.15) is 0 Å². The van der Waals surface area contributed by atoms with Crippen molar-refractivity contribution < 1.29 is 0 Å². The zero-order chi connectivity index (χ0) is 6.69. The Balaban J connectivity index is 2.65. The molecule has 0 aliphatic carbocycles. The highest BCUT2D eigenvalue weighted by molar-refractivity contribution is 7.10. The summed E-state index contributed by atoms with van der Waals surface area (Å²) in [5.74, 6) is 0.501. The van der Waals surface area contributed by atoms with E-state index in [1.54, 1.807) is 11.3 Å². The predicted molar refractivity (Wildman–Crippen MR) is 42.0 cm³/mol. The standard InChI is InChI=1S/C6H8ClNS/c7-4-5(8)6-2-1-3-9-6/h1-3,5H,4,8H2. The van der Waals surface area contributed by atoms with Crippen LogP contribution < -0.4 is 5.73 Å². The van der Waals surface area contributed by atoms with Crippen molar-refractivity contribution >= 4 is 22.9 Å². The van der Waals surface area contributed by atoms with E-state index in [2.05, 4.69) is 0 Å². The van der Waals surface area contributed by atoms with Gasteiger partial charge in [-0.05, 0) is 11.4 Å². The lowest BCUT2D eigenvalue weighted by Gasteiger charge is -2.01. The highest BCUT2D eigenvalue weighted by Crippen LogP contribution is 2.16. The van der Waals surface area contributed by atoms with Gasteiger partial charge in [0.15, 0.2) is 0 Å². The lowest BCUT2D eigenvalue weighted by Crippen LogP contribution is -2.09. The summed E-state index contributed by atoms with van der Waals surface area (Å²) in [5, 5.41) is 2.00. The van der Waals surface area contributed by atoms with Gasteiger partial charge in [0.25, 0.3) is 0 Å². The Morgan fingerprint density at radius 2 is 2.56 bits per heavy atom. The zero-order valence-electron chi connectivity index (χ0n) is 4.88. The van der Waals surface area contributed by atoms with Crippen LogP contribution >= 0.6 is 22.9 Å². The molecule has 2 N–H and O–H groups in total. The highest BCUT2D eigenvalue weighted by Gasteiger charge is 2.02. The minimum atomic E-state index is 0.0201. The Labute approximate surface area is 63.4 Å². The quantitative estimate of drug-likeness (QED) is 0.660. The van der Waals surface area contributed by atoms with Crippen molar-refractivity contribution in [2.24, 2.45) is 5.73 Å². The number of thiophene rings is 1. The second-order valence-corrected chi connectivity index (χ2v) is 3.06. The fourth-order valence-electron chi connectivity index (χ4n) is 0.578. The summed E-state index contributed by atoms with van der Waals surface area (Å²) in [7, 11) is 0. The smallest absolute Gasteiger partial charge is 0.0527 e. The predicted octanol–water partition coefficient (Wildman–Crippen LogP) is 1.99. The summed E-state index contributed by atoms with van der Waals surface area (Å²) in [6, 6.07) is 4.00. The molecular weight excluding hydrogens is 154 g/mol. The van der Waals surface area contributed by atoms with Gasteiger partial charge in [0.05, 0.1) is 6.04 Å². The van der Waals surface area contributed by atoms with Crippen LogP contribution in [0.15, 0.2) is 17.5 Å². The van der Waals surface area contributed by atoms with Crippen LogP contribution in [0.5, 0.6) is 0 Å². The van der Waals surface area contributed by atoms with Crippen molar-refractivity contribution in [1.29, 1.82) is 0 Å². The van der Waals surface area contributed by atoms with E-state index in [1.807, 2.05) is 17.5 Å². The van der Waals surface area contributed by atoms with Gasteiger partial charge in [0, 0.05) is 10.8 Å². The number of hydrogen-bond acceptors (Lipinski definition) is 2. The van der Waals surface area contributed by atoms with E-state index in [9.17, 15) is 0 Å². The number of rotatable bonds is 2. The number of hydrogen-bond donors (Lipinski definition) is 1. The van der Waals surface area contributed by atoms with Gasteiger partial charge in [0.2, 0.25) is 0 Å². The summed E-state index contributed by atoms with van der Waals surface area (Å²) >= 11 is 7.17. The second kappa shape index (κ2) is 3.20. The Morgan fingerprint density at radius 1 is 1.78 bits per heavy atom. The Bertz CT molecular complexity index is 162. The first-order chi connectivity index (χ1) is 4.34. The summed E-state index contributed by atoms with van der Waals surface area (Å²) in [5.41, 5.74) is 5.62. The molecule has 1 nitrogen and oxygen atoms in total. The lowest BCUT2D eigenvalue weighted by molar-refractivity contribution is 0.847. The monoisotopic (exact) mass is 161 g/mol. The van der Waals surface area contributed by atoms with E-state index in [0.717, 1.165) is 4.88 Å². The maximum absolute atomic E-state index is 5.62. The molecule has 0 bridgehead atoms. The van der Waals surface area contributed by atoms with Gasteiger partial charge in [-0.25, -0.2) is 0 Å². The molecule has 0 amide bonds. The molecule has 0 aliphatic rings. The van der Waals surface area contributed by atoms with Crippen LogP contribution in [0.25, 0.3) is 0 Å². The summed E-state index contributed by atoms with van der Waals surface area (Å²) in [6.45, 7) is 0. The van der Waals surface area contributed by atoms with Crippen LogP contribution in [0.1, 0.15) is 10.9 Å². The topological polar surface area (TPSA) is 26.0 Å². The average molecular weight is 162 g/mol.